The molecule has 1 aliphatic heterocycles. The smallest absolute Gasteiger partial charge is 0.0720 e. The largest absolute Gasteiger partial charge is 0.381 e. The number of benzene rings is 2. The lowest BCUT2D eigenvalue weighted by Crippen LogP contribution is -2.23. The van der Waals surface area contributed by atoms with Crippen LogP contribution in [-0.2, 0) is 22.6 Å². The molecule has 3 rings (SSSR count). The van der Waals surface area contributed by atoms with Gasteiger partial charge in [-0.1, -0.05) is 48.5 Å². The standard InChI is InChI=1S/C22H29NO2/c1-17-6-3-4-9-22(17)18(2)23-15-19-7-5-8-20(14-19)16-25-21-10-12-24-13-11-21/h3-9,14,18,21,23H,10-13,15-16H2,1-2H3/t18-/m0/s1. The first kappa shape index (κ1) is 18.1. The van der Waals surface area contributed by atoms with Gasteiger partial charge in [-0.25, -0.2) is 0 Å². The fraction of sp³-hybridized carbons (Fsp3) is 0.455. The molecule has 0 amide bonds. The number of ether oxygens (including phenoxy) is 2. The molecule has 0 saturated carbocycles. The van der Waals surface area contributed by atoms with Crippen molar-refractivity contribution in [2.45, 2.75) is 52.0 Å². The Morgan fingerprint density at radius 3 is 2.64 bits per heavy atom. The van der Waals surface area contributed by atoms with Gasteiger partial charge in [0.05, 0.1) is 12.7 Å². The summed E-state index contributed by atoms with van der Waals surface area (Å²) in [5.74, 6) is 0. The third kappa shape index (κ3) is 5.40. The first-order valence-corrected chi connectivity index (χ1v) is 9.28. The van der Waals surface area contributed by atoms with E-state index in [1.165, 1.54) is 22.3 Å². The van der Waals surface area contributed by atoms with E-state index in [1.807, 2.05) is 0 Å². The summed E-state index contributed by atoms with van der Waals surface area (Å²) in [6.45, 7) is 7.59. The van der Waals surface area contributed by atoms with Crippen molar-refractivity contribution in [3.8, 4) is 0 Å². The normalized spacial score (nSPS) is 16.7. The Morgan fingerprint density at radius 2 is 1.84 bits per heavy atom. The quantitative estimate of drug-likeness (QED) is 0.803. The molecular formula is C22H29NO2. The second-order valence-corrected chi connectivity index (χ2v) is 6.90. The maximum absolute atomic E-state index is 6.03. The molecular weight excluding hydrogens is 310 g/mol. The molecule has 2 aromatic rings. The van der Waals surface area contributed by atoms with Crippen LogP contribution in [0.4, 0.5) is 0 Å². The fourth-order valence-electron chi connectivity index (χ4n) is 3.34. The predicted molar refractivity (Wildman–Crippen MR) is 102 cm³/mol. The van der Waals surface area contributed by atoms with Crippen molar-refractivity contribution >= 4 is 0 Å². The van der Waals surface area contributed by atoms with E-state index in [0.717, 1.165) is 32.6 Å². The molecule has 0 bridgehead atoms. The van der Waals surface area contributed by atoms with Crippen LogP contribution in [0.25, 0.3) is 0 Å². The van der Waals surface area contributed by atoms with Crippen LogP contribution >= 0.6 is 0 Å². The minimum atomic E-state index is 0.336. The molecule has 1 atom stereocenters. The maximum Gasteiger partial charge on any atom is 0.0720 e. The van der Waals surface area contributed by atoms with Gasteiger partial charge in [0.2, 0.25) is 0 Å². The molecule has 134 valence electrons. The summed E-state index contributed by atoms with van der Waals surface area (Å²) in [5, 5.41) is 3.63. The zero-order chi connectivity index (χ0) is 17.5. The summed E-state index contributed by atoms with van der Waals surface area (Å²) in [4.78, 5) is 0. The van der Waals surface area contributed by atoms with Gasteiger partial charge in [-0.05, 0) is 48.9 Å². The SMILES string of the molecule is Cc1ccccc1[C@H](C)NCc1cccc(COC2CCOCC2)c1. The third-order valence-electron chi connectivity index (χ3n) is 4.91. The lowest BCUT2D eigenvalue weighted by atomic mass is 10.0. The van der Waals surface area contributed by atoms with Gasteiger partial charge in [-0.15, -0.1) is 0 Å². The molecule has 1 saturated heterocycles. The highest BCUT2D eigenvalue weighted by molar-refractivity contribution is 5.29. The van der Waals surface area contributed by atoms with E-state index in [4.69, 9.17) is 9.47 Å². The van der Waals surface area contributed by atoms with Crippen molar-refractivity contribution in [3.63, 3.8) is 0 Å². The highest BCUT2D eigenvalue weighted by atomic mass is 16.5. The van der Waals surface area contributed by atoms with Crippen LogP contribution in [0.1, 0.15) is 48.1 Å². The van der Waals surface area contributed by atoms with E-state index >= 15 is 0 Å². The van der Waals surface area contributed by atoms with Gasteiger partial charge in [0, 0.05) is 25.8 Å². The van der Waals surface area contributed by atoms with Crippen LogP contribution < -0.4 is 5.32 Å². The van der Waals surface area contributed by atoms with E-state index in [-0.39, 0.29) is 0 Å². The highest BCUT2D eigenvalue weighted by Gasteiger charge is 2.14. The zero-order valence-electron chi connectivity index (χ0n) is 15.3. The third-order valence-corrected chi connectivity index (χ3v) is 4.91. The minimum Gasteiger partial charge on any atom is -0.381 e. The molecule has 0 unspecified atom stereocenters. The van der Waals surface area contributed by atoms with Crippen LogP contribution in [0, 0.1) is 6.92 Å². The lowest BCUT2D eigenvalue weighted by Gasteiger charge is -2.22. The molecule has 3 nitrogen and oxygen atoms in total. The Labute approximate surface area is 151 Å². The summed E-state index contributed by atoms with van der Waals surface area (Å²) in [6.07, 6.45) is 2.36. The van der Waals surface area contributed by atoms with Crippen molar-refractivity contribution in [2.24, 2.45) is 0 Å². The monoisotopic (exact) mass is 339 g/mol. The molecule has 1 heterocycles. The number of nitrogens with one attached hydrogen (secondary N) is 1. The summed E-state index contributed by atoms with van der Waals surface area (Å²) in [6, 6.07) is 17.6. The van der Waals surface area contributed by atoms with Crippen LogP contribution in [0.2, 0.25) is 0 Å². The van der Waals surface area contributed by atoms with Crippen LogP contribution in [0.15, 0.2) is 48.5 Å². The highest BCUT2D eigenvalue weighted by Crippen LogP contribution is 2.18. The second kappa shape index (κ2) is 9.14. The molecule has 3 heteroatoms. The summed E-state index contributed by atoms with van der Waals surface area (Å²) in [7, 11) is 0. The van der Waals surface area contributed by atoms with E-state index in [9.17, 15) is 0 Å². The second-order valence-electron chi connectivity index (χ2n) is 6.90. The predicted octanol–water partition coefficient (Wildman–Crippen LogP) is 4.54. The number of rotatable bonds is 7. The molecule has 0 spiro atoms. The first-order chi connectivity index (χ1) is 12.2. The molecule has 1 aliphatic rings. The molecule has 1 fully saturated rings. The molecule has 0 aromatic heterocycles. The Morgan fingerprint density at radius 1 is 1.08 bits per heavy atom. The Bertz CT molecular complexity index is 665. The molecule has 0 radical (unpaired) electrons. The average molecular weight is 339 g/mol. The van der Waals surface area contributed by atoms with Gasteiger partial charge in [0.15, 0.2) is 0 Å². The van der Waals surface area contributed by atoms with Gasteiger partial charge in [-0.2, -0.15) is 0 Å². The van der Waals surface area contributed by atoms with Gasteiger partial charge in [-0.3, -0.25) is 0 Å². The topological polar surface area (TPSA) is 30.5 Å². The molecule has 1 N–H and O–H groups in total. The number of hydrogen-bond donors (Lipinski definition) is 1. The van der Waals surface area contributed by atoms with Crippen LogP contribution in [-0.4, -0.2) is 19.3 Å². The van der Waals surface area contributed by atoms with E-state index in [1.54, 1.807) is 0 Å². The van der Waals surface area contributed by atoms with Crippen molar-refractivity contribution in [1.29, 1.82) is 0 Å². The van der Waals surface area contributed by atoms with E-state index in [0.29, 0.717) is 18.8 Å². The molecule has 25 heavy (non-hydrogen) atoms. The first-order valence-electron chi connectivity index (χ1n) is 9.28. The Balaban J connectivity index is 1.52. The molecule has 2 aromatic carbocycles. The molecule has 0 aliphatic carbocycles. The zero-order valence-corrected chi connectivity index (χ0v) is 15.3. The van der Waals surface area contributed by atoms with Gasteiger partial charge < -0.3 is 14.8 Å². The number of aryl methyl sites for hydroxylation is 1. The van der Waals surface area contributed by atoms with E-state index in [2.05, 4.69) is 67.7 Å². The van der Waals surface area contributed by atoms with Gasteiger partial charge in [0.1, 0.15) is 0 Å². The van der Waals surface area contributed by atoms with Crippen LogP contribution in [0.5, 0.6) is 0 Å². The lowest BCUT2D eigenvalue weighted by molar-refractivity contribution is -0.0390. The average Bonchev–Trinajstić information content (AvgIpc) is 2.66. The van der Waals surface area contributed by atoms with Crippen molar-refractivity contribution in [2.75, 3.05) is 13.2 Å². The Kier molecular flexibility index (Phi) is 6.62. The summed E-state index contributed by atoms with van der Waals surface area (Å²) < 4.78 is 11.4. The Hall–Kier alpha value is -1.68. The van der Waals surface area contributed by atoms with Gasteiger partial charge in [0.25, 0.3) is 0 Å². The summed E-state index contributed by atoms with van der Waals surface area (Å²) in [5.41, 5.74) is 5.24. The summed E-state index contributed by atoms with van der Waals surface area (Å²) >= 11 is 0. The number of hydrogen-bond acceptors (Lipinski definition) is 3. The minimum absolute atomic E-state index is 0.336. The van der Waals surface area contributed by atoms with Crippen molar-refractivity contribution in [3.05, 3.63) is 70.8 Å². The van der Waals surface area contributed by atoms with Gasteiger partial charge >= 0.3 is 0 Å². The fourth-order valence-corrected chi connectivity index (χ4v) is 3.34. The maximum atomic E-state index is 6.03. The van der Waals surface area contributed by atoms with E-state index < -0.39 is 0 Å². The van der Waals surface area contributed by atoms with Crippen molar-refractivity contribution in [1.82, 2.24) is 5.32 Å². The van der Waals surface area contributed by atoms with Crippen molar-refractivity contribution < 1.29 is 9.47 Å². The van der Waals surface area contributed by atoms with Crippen LogP contribution in [0.3, 0.4) is 0 Å².